The van der Waals surface area contributed by atoms with Crippen LogP contribution in [0.2, 0.25) is 0 Å². The van der Waals surface area contributed by atoms with Gasteiger partial charge in [-0.05, 0) is 38.6 Å². The quantitative estimate of drug-likeness (QED) is 0.426. The van der Waals surface area contributed by atoms with Gasteiger partial charge in [-0.1, -0.05) is 12.1 Å². The Morgan fingerprint density at radius 2 is 2.14 bits per heavy atom. The van der Waals surface area contributed by atoms with Gasteiger partial charge in [0.05, 0.1) is 5.69 Å². The van der Waals surface area contributed by atoms with Gasteiger partial charge in [0.2, 0.25) is 5.91 Å². The molecule has 1 saturated carbocycles. The fourth-order valence-corrected chi connectivity index (χ4v) is 3.92. The lowest BCUT2D eigenvalue weighted by Crippen LogP contribution is -2.15. The zero-order valence-corrected chi connectivity index (χ0v) is 14.3. The molecular formula is C15H20Cl2N2OS. The Bertz CT molecular complexity index is 496. The van der Waals surface area contributed by atoms with Crippen molar-refractivity contribution in [3.05, 3.63) is 24.3 Å². The molecule has 1 aliphatic carbocycles. The number of hydrogen-bond acceptors (Lipinski definition) is 3. The number of alkyl halides is 2. The maximum atomic E-state index is 11.9. The average molecular weight is 347 g/mol. The molecule has 0 radical (unpaired) electrons. The van der Waals surface area contributed by atoms with E-state index in [1.165, 1.54) is 0 Å². The van der Waals surface area contributed by atoms with Crippen molar-refractivity contribution in [1.82, 2.24) is 5.32 Å². The van der Waals surface area contributed by atoms with Crippen molar-refractivity contribution in [2.45, 2.75) is 28.5 Å². The molecule has 1 atom stereocenters. The smallest absolute Gasteiger partial charge is 0.224 e. The molecule has 0 heterocycles. The molecule has 3 nitrogen and oxygen atoms in total. The minimum absolute atomic E-state index is 0.0498. The largest absolute Gasteiger partial charge is 0.325 e. The van der Waals surface area contributed by atoms with Gasteiger partial charge in [0.1, 0.15) is 4.33 Å². The van der Waals surface area contributed by atoms with Crippen molar-refractivity contribution in [3.63, 3.8) is 0 Å². The third-order valence-electron chi connectivity index (χ3n) is 3.39. The summed E-state index contributed by atoms with van der Waals surface area (Å²) in [6.07, 6.45) is 2.21. The first-order chi connectivity index (χ1) is 10.0. The van der Waals surface area contributed by atoms with Crippen molar-refractivity contribution in [3.8, 4) is 0 Å². The first-order valence-corrected chi connectivity index (χ1v) is 8.81. The second kappa shape index (κ2) is 7.73. The van der Waals surface area contributed by atoms with Crippen LogP contribution in [-0.4, -0.2) is 29.6 Å². The highest BCUT2D eigenvalue weighted by Crippen LogP contribution is 2.55. The molecule has 1 aromatic rings. The van der Waals surface area contributed by atoms with E-state index in [0.717, 1.165) is 35.7 Å². The molecule has 0 spiro atoms. The Balaban J connectivity index is 1.86. The molecule has 21 heavy (non-hydrogen) atoms. The van der Waals surface area contributed by atoms with E-state index in [0.29, 0.717) is 12.3 Å². The molecule has 6 heteroatoms. The van der Waals surface area contributed by atoms with Gasteiger partial charge in [-0.2, -0.15) is 0 Å². The van der Waals surface area contributed by atoms with Crippen molar-refractivity contribution in [1.29, 1.82) is 0 Å². The highest BCUT2D eigenvalue weighted by atomic mass is 35.5. The molecule has 2 rings (SSSR count). The summed E-state index contributed by atoms with van der Waals surface area (Å²) in [5.41, 5.74) is 0.868. The predicted octanol–water partition coefficient (Wildman–Crippen LogP) is 3.91. The average Bonchev–Trinajstić information content (AvgIpc) is 3.05. The molecule has 1 amide bonds. The summed E-state index contributed by atoms with van der Waals surface area (Å²) in [7, 11) is 1.88. The molecule has 1 fully saturated rings. The summed E-state index contributed by atoms with van der Waals surface area (Å²) < 4.78 is -0.543. The van der Waals surface area contributed by atoms with Crippen LogP contribution in [-0.2, 0) is 4.79 Å². The number of halogens is 2. The number of thioether (sulfide) groups is 1. The van der Waals surface area contributed by atoms with Gasteiger partial charge in [0.15, 0.2) is 0 Å². The number of hydrogen-bond donors (Lipinski definition) is 2. The van der Waals surface area contributed by atoms with E-state index in [-0.39, 0.29) is 5.91 Å². The Kier molecular flexibility index (Phi) is 6.23. The normalized spacial score (nSPS) is 19.3. The zero-order chi connectivity index (χ0) is 15.3. The van der Waals surface area contributed by atoms with Crippen LogP contribution in [0.4, 0.5) is 5.69 Å². The summed E-state index contributed by atoms with van der Waals surface area (Å²) in [5.74, 6) is 1.26. The lowest BCUT2D eigenvalue weighted by Gasteiger charge is -2.11. The van der Waals surface area contributed by atoms with Crippen molar-refractivity contribution in [2.24, 2.45) is 5.92 Å². The molecule has 1 unspecified atom stereocenters. The summed E-state index contributed by atoms with van der Waals surface area (Å²) in [6, 6.07) is 7.85. The highest BCUT2D eigenvalue weighted by molar-refractivity contribution is 7.99. The van der Waals surface area contributed by atoms with E-state index in [1.807, 2.05) is 31.3 Å². The minimum Gasteiger partial charge on any atom is -0.325 e. The van der Waals surface area contributed by atoms with E-state index in [4.69, 9.17) is 23.2 Å². The second-order valence-electron chi connectivity index (χ2n) is 5.22. The maximum Gasteiger partial charge on any atom is 0.224 e. The molecule has 1 aromatic carbocycles. The lowest BCUT2D eigenvalue weighted by atomic mass is 10.2. The van der Waals surface area contributed by atoms with Crippen LogP contribution in [0.3, 0.4) is 0 Å². The van der Waals surface area contributed by atoms with Gasteiger partial charge in [-0.3, -0.25) is 4.79 Å². The Labute approximate surface area is 140 Å². The number of amides is 1. The van der Waals surface area contributed by atoms with Crippen LogP contribution in [0.15, 0.2) is 29.2 Å². The molecule has 0 aromatic heterocycles. The van der Waals surface area contributed by atoms with Crippen LogP contribution < -0.4 is 10.6 Å². The number of anilines is 1. The van der Waals surface area contributed by atoms with Crippen LogP contribution in [0.5, 0.6) is 0 Å². The molecule has 116 valence electrons. The third kappa shape index (κ3) is 5.37. The number of carbonyl (C=O) groups excluding carboxylic acids is 1. The number of rotatable bonds is 8. The van der Waals surface area contributed by atoms with E-state index >= 15 is 0 Å². The van der Waals surface area contributed by atoms with Crippen LogP contribution >= 0.6 is 35.0 Å². The fourth-order valence-electron chi connectivity index (χ4n) is 1.98. The third-order valence-corrected chi connectivity index (χ3v) is 5.55. The van der Waals surface area contributed by atoms with Crippen molar-refractivity contribution < 1.29 is 4.79 Å². The van der Waals surface area contributed by atoms with Gasteiger partial charge in [0.25, 0.3) is 0 Å². The highest BCUT2D eigenvalue weighted by Gasteiger charge is 2.51. The van der Waals surface area contributed by atoms with Gasteiger partial charge in [-0.15, -0.1) is 35.0 Å². The fraction of sp³-hybridized carbons (Fsp3) is 0.533. The standard InChI is InChI=1S/C15H20Cl2N2OS/c1-18-8-4-7-14(20)19-12-5-2-3-6-13(12)21-10-11-9-15(11,16)17/h2-3,5-6,11,18H,4,7-10H2,1H3,(H,19,20). The Morgan fingerprint density at radius 3 is 2.81 bits per heavy atom. The SMILES string of the molecule is CNCCCC(=O)Nc1ccccc1SCC1CC1(Cl)Cl. The van der Waals surface area contributed by atoms with Gasteiger partial charge >= 0.3 is 0 Å². The first kappa shape index (κ1) is 16.9. The monoisotopic (exact) mass is 346 g/mol. The summed E-state index contributed by atoms with van der Waals surface area (Å²) in [5, 5.41) is 6.02. The second-order valence-corrected chi connectivity index (χ2v) is 7.83. The van der Waals surface area contributed by atoms with E-state index in [1.54, 1.807) is 11.8 Å². The van der Waals surface area contributed by atoms with E-state index in [9.17, 15) is 4.79 Å². The van der Waals surface area contributed by atoms with Crippen LogP contribution in [0.1, 0.15) is 19.3 Å². The number of para-hydroxylation sites is 1. The molecule has 0 saturated heterocycles. The molecule has 0 bridgehead atoms. The minimum atomic E-state index is -0.543. The van der Waals surface area contributed by atoms with Crippen molar-refractivity contribution >= 4 is 46.6 Å². The predicted molar refractivity (Wildman–Crippen MR) is 91.5 cm³/mol. The Hall–Kier alpha value is -0.420. The van der Waals surface area contributed by atoms with Crippen LogP contribution in [0, 0.1) is 5.92 Å². The molecule has 1 aliphatic rings. The Morgan fingerprint density at radius 1 is 1.43 bits per heavy atom. The number of carbonyl (C=O) groups is 1. The van der Waals surface area contributed by atoms with Crippen LogP contribution in [0.25, 0.3) is 0 Å². The molecular weight excluding hydrogens is 327 g/mol. The number of nitrogens with one attached hydrogen (secondary N) is 2. The molecule has 0 aliphatic heterocycles. The van der Waals surface area contributed by atoms with E-state index < -0.39 is 4.33 Å². The van der Waals surface area contributed by atoms with Gasteiger partial charge in [-0.25, -0.2) is 0 Å². The van der Waals surface area contributed by atoms with Crippen molar-refractivity contribution in [2.75, 3.05) is 24.7 Å². The summed E-state index contributed by atoms with van der Waals surface area (Å²) >= 11 is 13.8. The first-order valence-electron chi connectivity index (χ1n) is 7.07. The summed E-state index contributed by atoms with van der Waals surface area (Å²) in [6.45, 7) is 0.846. The lowest BCUT2D eigenvalue weighted by molar-refractivity contribution is -0.116. The number of benzene rings is 1. The van der Waals surface area contributed by atoms with Gasteiger partial charge in [0, 0.05) is 23.0 Å². The van der Waals surface area contributed by atoms with Gasteiger partial charge < -0.3 is 10.6 Å². The van der Waals surface area contributed by atoms with E-state index in [2.05, 4.69) is 10.6 Å². The topological polar surface area (TPSA) is 41.1 Å². The zero-order valence-electron chi connectivity index (χ0n) is 12.0. The molecule has 2 N–H and O–H groups in total. The summed E-state index contributed by atoms with van der Waals surface area (Å²) in [4.78, 5) is 13.0. The maximum absolute atomic E-state index is 11.9.